The molecule has 2 aromatic carbocycles. The molecule has 1 amide bonds. The smallest absolute Gasteiger partial charge is 0.329 e. The first-order valence-corrected chi connectivity index (χ1v) is 8.53. The van der Waals surface area contributed by atoms with Gasteiger partial charge in [0.2, 0.25) is 5.91 Å². The molecule has 0 aliphatic carbocycles. The molecule has 1 atom stereocenters. The van der Waals surface area contributed by atoms with Crippen LogP contribution in [-0.4, -0.2) is 15.0 Å². The Labute approximate surface area is 146 Å². The van der Waals surface area contributed by atoms with Crippen LogP contribution in [0.5, 0.6) is 0 Å². The molecule has 0 saturated carbocycles. The van der Waals surface area contributed by atoms with Gasteiger partial charge in [0, 0.05) is 7.05 Å². The van der Waals surface area contributed by atoms with E-state index in [2.05, 4.69) is 24.4 Å². The van der Waals surface area contributed by atoms with Gasteiger partial charge in [0.05, 0.1) is 17.1 Å². The van der Waals surface area contributed by atoms with Gasteiger partial charge in [-0.25, -0.2) is 4.79 Å². The topological polar surface area (TPSA) is 56.0 Å². The molecule has 0 unspecified atom stereocenters. The van der Waals surface area contributed by atoms with Crippen molar-refractivity contribution in [1.82, 2.24) is 14.5 Å². The summed E-state index contributed by atoms with van der Waals surface area (Å²) in [6.45, 7) is 4.07. The summed E-state index contributed by atoms with van der Waals surface area (Å²) < 4.78 is 3.08. The Bertz CT molecular complexity index is 951. The van der Waals surface area contributed by atoms with Crippen LogP contribution < -0.4 is 11.0 Å². The fraction of sp³-hybridized carbons (Fsp3) is 0.300. The first-order valence-electron chi connectivity index (χ1n) is 8.53. The molecule has 3 aromatic rings. The lowest BCUT2D eigenvalue weighted by molar-refractivity contribution is -0.122. The number of nitrogens with zero attached hydrogens (tertiary/aromatic N) is 2. The molecule has 5 heteroatoms. The quantitative estimate of drug-likeness (QED) is 0.778. The highest BCUT2D eigenvalue weighted by Gasteiger charge is 2.15. The summed E-state index contributed by atoms with van der Waals surface area (Å²) in [5, 5.41) is 2.98. The lowest BCUT2D eigenvalue weighted by atomic mass is 10.1. The fourth-order valence-electron chi connectivity index (χ4n) is 3.07. The Morgan fingerprint density at radius 1 is 1.08 bits per heavy atom. The zero-order valence-electron chi connectivity index (χ0n) is 14.8. The number of amides is 1. The zero-order chi connectivity index (χ0) is 18.0. The molecule has 5 nitrogen and oxygen atoms in total. The highest BCUT2D eigenvalue weighted by Crippen LogP contribution is 2.15. The minimum absolute atomic E-state index is 0.0115. The minimum atomic E-state index is -0.184. The van der Waals surface area contributed by atoms with Crippen molar-refractivity contribution in [2.75, 3.05) is 0 Å². The summed E-state index contributed by atoms with van der Waals surface area (Å²) in [5.41, 5.74) is 3.73. The van der Waals surface area contributed by atoms with E-state index in [1.54, 1.807) is 11.6 Å². The number of para-hydroxylation sites is 2. The number of aromatic nitrogens is 2. The largest absolute Gasteiger partial charge is 0.348 e. The van der Waals surface area contributed by atoms with Crippen LogP contribution in [0.1, 0.15) is 31.0 Å². The minimum Gasteiger partial charge on any atom is -0.348 e. The number of rotatable bonds is 5. The molecule has 0 aliphatic heterocycles. The van der Waals surface area contributed by atoms with Crippen molar-refractivity contribution >= 4 is 16.9 Å². The number of carbonyl (C=O) groups excluding carboxylic acids is 1. The monoisotopic (exact) mass is 337 g/mol. The summed E-state index contributed by atoms with van der Waals surface area (Å²) in [6.07, 6.45) is 0.991. The van der Waals surface area contributed by atoms with Gasteiger partial charge in [-0.3, -0.25) is 13.9 Å². The highest BCUT2D eigenvalue weighted by molar-refractivity contribution is 5.81. The van der Waals surface area contributed by atoms with Gasteiger partial charge in [-0.15, -0.1) is 0 Å². The van der Waals surface area contributed by atoms with E-state index in [0.29, 0.717) is 0 Å². The number of benzene rings is 2. The molecule has 1 aromatic heterocycles. The number of fused-ring (bicyclic) bond motifs is 1. The molecule has 0 aliphatic rings. The van der Waals surface area contributed by atoms with Crippen molar-refractivity contribution in [3.05, 3.63) is 70.1 Å². The molecule has 0 fully saturated rings. The van der Waals surface area contributed by atoms with Gasteiger partial charge in [-0.05, 0) is 36.6 Å². The molecule has 25 heavy (non-hydrogen) atoms. The molecule has 0 spiro atoms. The van der Waals surface area contributed by atoms with Gasteiger partial charge in [0.25, 0.3) is 0 Å². The standard InChI is InChI=1S/C20H23N3O2/c1-4-15-9-11-16(12-10-15)14(2)21-19(24)13-23-18-8-6-5-7-17(18)22(3)20(23)25/h5-12,14H,4,13H2,1-3H3,(H,21,24)/t14-/m0/s1. The molecule has 0 bridgehead atoms. The van der Waals surface area contributed by atoms with Gasteiger partial charge in [0.15, 0.2) is 0 Å². The third-order valence-corrected chi connectivity index (χ3v) is 4.62. The summed E-state index contributed by atoms with van der Waals surface area (Å²) in [5.74, 6) is -0.175. The van der Waals surface area contributed by atoms with Gasteiger partial charge < -0.3 is 5.32 Å². The van der Waals surface area contributed by atoms with E-state index in [-0.39, 0.29) is 24.2 Å². The average molecular weight is 337 g/mol. The van der Waals surface area contributed by atoms with Crippen molar-refractivity contribution in [1.29, 1.82) is 0 Å². The van der Waals surface area contributed by atoms with E-state index in [0.717, 1.165) is 23.0 Å². The Morgan fingerprint density at radius 2 is 1.72 bits per heavy atom. The fourth-order valence-corrected chi connectivity index (χ4v) is 3.07. The average Bonchev–Trinajstić information content (AvgIpc) is 2.87. The van der Waals surface area contributed by atoms with Crippen molar-refractivity contribution < 1.29 is 4.79 Å². The van der Waals surface area contributed by atoms with Crippen molar-refractivity contribution in [3.8, 4) is 0 Å². The van der Waals surface area contributed by atoms with E-state index in [1.807, 2.05) is 43.3 Å². The number of aryl methyl sites for hydroxylation is 2. The van der Waals surface area contributed by atoms with Crippen LogP contribution in [0.3, 0.4) is 0 Å². The summed E-state index contributed by atoms with van der Waals surface area (Å²) in [6, 6.07) is 15.6. The summed E-state index contributed by atoms with van der Waals surface area (Å²) in [4.78, 5) is 24.8. The first kappa shape index (κ1) is 17.0. The second-order valence-electron chi connectivity index (χ2n) is 6.30. The predicted molar refractivity (Wildman–Crippen MR) is 99.6 cm³/mol. The zero-order valence-corrected chi connectivity index (χ0v) is 14.8. The van der Waals surface area contributed by atoms with E-state index in [1.165, 1.54) is 10.1 Å². The van der Waals surface area contributed by atoms with Crippen LogP contribution in [0.2, 0.25) is 0 Å². The van der Waals surface area contributed by atoms with E-state index >= 15 is 0 Å². The highest BCUT2D eigenvalue weighted by atomic mass is 16.2. The molecule has 0 radical (unpaired) electrons. The van der Waals surface area contributed by atoms with Crippen LogP contribution >= 0.6 is 0 Å². The normalized spacial score (nSPS) is 12.3. The maximum atomic E-state index is 12.4. The SMILES string of the molecule is CCc1ccc([C@H](C)NC(=O)Cn2c(=O)n(C)c3ccccc32)cc1. The van der Waals surface area contributed by atoms with Crippen LogP contribution in [0.15, 0.2) is 53.3 Å². The second kappa shape index (κ2) is 6.97. The molecule has 130 valence electrons. The lowest BCUT2D eigenvalue weighted by Gasteiger charge is -2.15. The Hall–Kier alpha value is -2.82. The molecular weight excluding hydrogens is 314 g/mol. The maximum Gasteiger partial charge on any atom is 0.329 e. The van der Waals surface area contributed by atoms with Crippen LogP contribution in [-0.2, 0) is 24.8 Å². The van der Waals surface area contributed by atoms with Crippen molar-refractivity contribution in [2.24, 2.45) is 7.05 Å². The van der Waals surface area contributed by atoms with E-state index < -0.39 is 0 Å². The van der Waals surface area contributed by atoms with Crippen LogP contribution in [0, 0.1) is 0 Å². The summed E-state index contributed by atoms with van der Waals surface area (Å²) >= 11 is 0. The third kappa shape index (κ3) is 3.36. The Morgan fingerprint density at radius 3 is 2.36 bits per heavy atom. The number of nitrogens with one attached hydrogen (secondary N) is 1. The lowest BCUT2D eigenvalue weighted by Crippen LogP contribution is -2.34. The van der Waals surface area contributed by atoms with Crippen LogP contribution in [0.4, 0.5) is 0 Å². The third-order valence-electron chi connectivity index (χ3n) is 4.62. The molecule has 1 heterocycles. The second-order valence-corrected chi connectivity index (χ2v) is 6.30. The molecule has 0 saturated heterocycles. The van der Waals surface area contributed by atoms with E-state index in [9.17, 15) is 9.59 Å². The van der Waals surface area contributed by atoms with Crippen molar-refractivity contribution in [2.45, 2.75) is 32.9 Å². The van der Waals surface area contributed by atoms with Crippen LogP contribution in [0.25, 0.3) is 11.0 Å². The number of hydrogen-bond donors (Lipinski definition) is 1. The van der Waals surface area contributed by atoms with Gasteiger partial charge in [0.1, 0.15) is 6.54 Å². The molecule has 3 rings (SSSR count). The molecular formula is C20H23N3O2. The molecule has 1 N–H and O–H groups in total. The van der Waals surface area contributed by atoms with E-state index in [4.69, 9.17) is 0 Å². The van der Waals surface area contributed by atoms with Gasteiger partial charge >= 0.3 is 5.69 Å². The van der Waals surface area contributed by atoms with Crippen molar-refractivity contribution in [3.63, 3.8) is 0 Å². The number of imidazole rings is 1. The van der Waals surface area contributed by atoms with Gasteiger partial charge in [-0.2, -0.15) is 0 Å². The maximum absolute atomic E-state index is 12.4. The Kier molecular flexibility index (Phi) is 4.74. The summed E-state index contributed by atoms with van der Waals surface area (Å²) in [7, 11) is 1.72. The predicted octanol–water partition coefficient (Wildman–Crippen LogP) is 2.78. The first-order chi connectivity index (χ1) is 12.0. The number of carbonyl (C=O) groups is 1. The number of hydrogen-bond acceptors (Lipinski definition) is 2. The van der Waals surface area contributed by atoms with Gasteiger partial charge in [-0.1, -0.05) is 43.3 Å². The Balaban J connectivity index is 1.76.